The molecule has 2 heterocycles. The lowest BCUT2D eigenvalue weighted by Crippen LogP contribution is -2.64. The molecule has 1 aliphatic rings. The Morgan fingerprint density at radius 3 is 2.44 bits per heavy atom. The van der Waals surface area contributed by atoms with Gasteiger partial charge in [-0.05, 0) is 48.4 Å². The van der Waals surface area contributed by atoms with Crippen LogP contribution in [-0.2, 0) is 15.3 Å². The smallest absolute Gasteiger partial charge is 0.224 e. The maximum absolute atomic E-state index is 13.4. The number of carbonyl (C=O) groups is 1. The normalized spacial score (nSPS) is 27.0. The number of aliphatic hydroxyl groups excluding tert-OH is 4. The first-order chi connectivity index (χ1) is 16.2. The average molecular weight is 489 g/mol. The van der Waals surface area contributed by atoms with Crippen LogP contribution < -0.4 is 0 Å². The van der Waals surface area contributed by atoms with E-state index < -0.39 is 36.8 Å². The summed E-state index contributed by atoms with van der Waals surface area (Å²) < 4.78 is 24.5. The molecule has 3 aromatic rings. The zero-order valence-corrected chi connectivity index (χ0v) is 19.3. The van der Waals surface area contributed by atoms with Gasteiger partial charge in [-0.3, -0.25) is 4.79 Å². The van der Waals surface area contributed by atoms with E-state index in [0.717, 1.165) is 10.4 Å². The topological polar surface area (TPSA) is 116 Å². The number of carbonyl (C=O) groups excluding carboxylic acids is 1. The largest absolute Gasteiger partial charge is 0.394 e. The van der Waals surface area contributed by atoms with Crippen LogP contribution in [0.3, 0.4) is 0 Å². The van der Waals surface area contributed by atoms with Crippen molar-refractivity contribution in [3.63, 3.8) is 0 Å². The van der Waals surface area contributed by atoms with Crippen molar-refractivity contribution in [3.05, 3.63) is 82.0 Å². The highest BCUT2D eigenvalue weighted by Gasteiger charge is 2.55. The van der Waals surface area contributed by atoms with Gasteiger partial charge in [0, 0.05) is 23.1 Å². The number of hydrogen-bond acceptors (Lipinski definition) is 8. The molecule has 0 radical (unpaired) electrons. The summed E-state index contributed by atoms with van der Waals surface area (Å²) in [6.45, 7) is 1.15. The third-order valence-electron chi connectivity index (χ3n) is 6.10. The Labute approximate surface area is 199 Å². The number of benzene rings is 2. The molecule has 1 aromatic heterocycles. The van der Waals surface area contributed by atoms with Crippen LogP contribution in [0.5, 0.6) is 0 Å². The zero-order valence-electron chi connectivity index (χ0n) is 18.5. The molecule has 0 amide bonds. The molecule has 0 aliphatic carbocycles. The van der Waals surface area contributed by atoms with Crippen molar-refractivity contribution in [1.82, 2.24) is 0 Å². The number of rotatable bonds is 6. The third kappa shape index (κ3) is 4.20. The minimum Gasteiger partial charge on any atom is -0.394 e. The molecule has 0 saturated carbocycles. The number of thiophene rings is 1. The molecule has 9 heteroatoms. The molecule has 5 atom stereocenters. The fourth-order valence-corrected chi connectivity index (χ4v) is 5.08. The van der Waals surface area contributed by atoms with E-state index in [0.29, 0.717) is 16.0 Å². The summed E-state index contributed by atoms with van der Waals surface area (Å²) >= 11 is 1.27. The number of aryl methyl sites for hydroxylation is 1. The van der Waals surface area contributed by atoms with E-state index in [-0.39, 0.29) is 17.2 Å². The summed E-state index contributed by atoms with van der Waals surface area (Å²) in [6.07, 6.45) is -6.07. The van der Waals surface area contributed by atoms with Gasteiger partial charge in [-0.25, -0.2) is 4.39 Å². The highest BCUT2D eigenvalue weighted by atomic mass is 32.1. The van der Waals surface area contributed by atoms with Crippen molar-refractivity contribution in [1.29, 1.82) is 0 Å². The summed E-state index contributed by atoms with van der Waals surface area (Å²) in [4.78, 5) is 14.7. The zero-order chi connectivity index (χ0) is 24.6. The Bertz CT molecular complexity index is 1180. The average Bonchev–Trinajstić information content (AvgIpc) is 3.34. The van der Waals surface area contributed by atoms with Gasteiger partial charge in [0.1, 0.15) is 30.2 Å². The fraction of sp³-hybridized carbons (Fsp3) is 0.320. The molecule has 2 aromatic carbocycles. The van der Waals surface area contributed by atoms with Crippen LogP contribution in [0.2, 0.25) is 0 Å². The molecule has 7 nitrogen and oxygen atoms in total. The minimum atomic E-state index is -1.91. The van der Waals surface area contributed by atoms with Gasteiger partial charge < -0.3 is 29.9 Å². The number of ether oxygens (including phenoxy) is 2. The second-order valence-corrected chi connectivity index (χ2v) is 9.25. The Kier molecular flexibility index (Phi) is 6.97. The summed E-state index contributed by atoms with van der Waals surface area (Å²) in [5.74, 6) is -2.53. The molecule has 180 valence electrons. The van der Waals surface area contributed by atoms with E-state index in [9.17, 15) is 29.6 Å². The van der Waals surface area contributed by atoms with Gasteiger partial charge in [-0.15, -0.1) is 11.3 Å². The van der Waals surface area contributed by atoms with Gasteiger partial charge in [0.2, 0.25) is 11.6 Å². The highest BCUT2D eigenvalue weighted by Crippen LogP contribution is 2.40. The quantitative estimate of drug-likeness (QED) is 0.394. The Morgan fingerprint density at radius 2 is 1.79 bits per heavy atom. The third-order valence-corrected chi connectivity index (χ3v) is 7.23. The lowest BCUT2D eigenvalue weighted by molar-refractivity contribution is -0.366. The Hall–Kier alpha value is -2.50. The monoisotopic (exact) mass is 488 g/mol. The van der Waals surface area contributed by atoms with Gasteiger partial charge in [-0.2, -0.15) is 0 Å². The molecule has 4 N–H and O–H groups in total. The van der Waals surface area contributed by atoms with Crippen LogP contribution in [0.25, 0.3) is 10.4 Å². The number of hydrogen-bond donors (Lipinski definition) is 4. The summed E-state index contributed by atoms with van der Waals surface area (Å²) in [5.41, 5.74) is 2.03. The first kappa shape index (κ1) is 24.6. The van der Waals surface area contributed by atoms with Gasteiger partial charge in [0.05, 0.1) is 11.5 Å². The lowest BCUT2D eigenvalue weighted by atomic mass is 9.86. The highest BCUT2D eigenvalue weighted by molar-refractivity contribution is 7.17. The minimum absolute atomic E-state index is 0.246. The van der Waals surface area contributed by atoms with E-state index in [2.05, 4.69) is 0 Å². The predicted molar refractivity (Wildman–Crippen MR) is 123 cm³/mol. The molecular formula is C25H25FO7S. The SMILES string of the molecule is COC1(c2ccc(C)c(C(=O)c3ccc(-c4ccc(F)cc4)s3)c2)O[C@@H](CO)C(O)C(O)C1O. The molecule has 0 bridgehead atoms. The predicted octanol–water partition coefficient (Wildman–Crippen LogP) is 2.37. The number of aliphatic hydroxyl groups is 4. The Balaban J connectivity index is 1.71. The van der Waals surface area contributed by atoms with Crippen LogP contribution >= 0.6 is 11.3 Å². The molecule has 34 heavy (non-hydrogen) atoms. The number of methoxy groups -OCH3 is 1. The summed E-state index contributed by atoms with van der Waals surface area (Å²) in [7, 11) is 1.26. The first-order valence-corrected chi connectivity index (χ1v) is 11.4. The summed E-state index contributed by atoms with van der Waals surface area (Å²) in [5, 5.41) is 40.8. The van der Waals surface area contributed by atoms with Crippen molar-refractivity contribution >= 4 is 17.1 Å². The molecule has 4 unspecified atom stereocenters. The number of halogens is 1. The van der Waals surface area contributed by atoms with Crippen molar-refractivity contribution in [2.24, 2.45) is 0 Å². The van der Waals surface area contributed by atoms with E-state index in [1.165, 1.54) is 36.6 Å². The van der Waals surface area contributed by atoms with Crippen molar-refractivity contribution in [2.75, 3.05) is 13.7 Å². The van der Waals surface area contributed by atoms with Gasteiger partial charge in [0.25, 0.3) is 0 Å². The van der Waals surface area contributed by atoms with Gasteiger partial charge >= 0.3 is 0 Å². The number of ketones is 1. The van der Waals surface area contributed by atoms with E-state index >= 15 is 0 Å². The standard InChI is InChI=1S/C25H25FO7S/c1-13-3-6-15(25(32-2)24(31)23(30)22(29)18(12-27)33-25)11-17(13)21(28)20-10-9-19(34-20)14-4-7-16(26)8-5-14/h3-11,18,22-24,27,29-31H,12H2,1-2H3/t18-,22?,23?,24?,25?/m0/s1. The van der Waals surface area contributed by atoms with E-state index in [1.807, 2.05) is 0 Å². The fourth-order valence-electron chi connectivity index (χ4n) is 4.11. The Morgan fingerprint density at radius 1 is 1.09 bits per heavy atom. The van der Waals surface area contributed by atoms with Crippen LogP contribution in [0.4, 0.5) is 4.39 Å². The molecule has 1 saturated heterocycles. The molecule has 4 rings (SSSR count). The lowest BCUT2D eigenvalue weighted by Gasteiger charge is -2.47. The van der Waals surface area contributed by atoms with Gasteiger partial charge in [0.15, 0.2) is 0 Å². The molecular weight excluding hydrogens is 463 g/mol. The molecule has 1 aliphatic heterocycles. The second-order valence-electron chi connectivity index (χ2n) is 8.17. The van der Waals surface area contributed by atoms with Crippen LogP contribution in [0.15, 0.2) is 54.6 Å². The molecule has 0 spiro atoms. The van der Waals surface area contributed by atoms with Gasteiger partial charge in [-0.1, -0.05) is 24.3 Å². The maximum Gasteiger partial charge on any atom is 0.224 e. The first-order valence-electron chi connectivity index (χ1n) is 10.6. The van der Waals surface area contributed by atoms with E-state index in [4.69, 9.17) is 9.47 Å². The van der Waals surface area contributed by atoms with E-state index in [1.54, 1.807) is 43.3 Å². The van der Waals surface area contributed by atoms with Crippen LogP contribution in [-0.4, -0.2) is 64.3 Å². The summed E-state index contributed by atoms with van der Waals surface area (Å²) in [6, 6.07) is 14.3. The van der Waals surface area contributed by atoms with Crippen molar-refractivity contribution in [3.8, 4) is 10.4 Å². The van der Waals surface area contributed by atoms with Crippen molar-refractivity contribution < 1.29 is 39.1 Å². The van der Waals surface area contributed by atoms with Crippen LogP contribution in [0, 0.1) is 12.7 Å². The second kappa shape index (κ2) is 9.63. The van der Waals surface area contributed by atoms with Crippen LogP contribution in [0.1, 0.15) is 26.4 Å². The maximum atomic E-state index is 13.4. The van der Waals surface area contributed by atoms with Crippen molar-refractivity contribution in [2.45, 2.75) is 37.1 Å². The molecule has 1 fully saturated rings.